The quantitative estimate of drug-likeness (QED) is 0.812. The highest BCUT2D eigenvalue weighted by Crippen LogP contribution is 2.28. The van der Waals surface area contributed by atoms with E-state index in [1.165, 1.54) is 6.33 Å². The van der Waals surface area contributed by atoms with Crippen LogP contribution in [0.15, 0.2) is 12.5 Å². The van der Waals surface area contributed by atoms with Crippen molar-refractivity contribution in [3.8, 4) is 0 Å². The molecule has 0 radical (unpaired) electrons. The molecule has 1 aliphatic rings. The summed E-state index contributed by atoms with van der Waals surface area (Å²) in [6.45, 7) is 5.34. The minimum absolute atomic E-state index is 0.000453. The number of hydrogen-bond acceptors (Lipinski definition) is 6. The summed E-state index contributed by atoms with van der Waals surface area (Å²) in [6.07, 6.45) is 3.04. The van der Waals surface area contributed by atoms with Crippen LogP contribution in [0, 0.1) is 0 Å². The van der Waals surface area contributed by atoms with Crippen molar-refractivity contribution in [1.82, 2.24) is 20.2 Å². The lowest BCUT2D eigenvalue weighted by Gasteiger charge is -2.42. The van der Waals surface area contributed by atoms with E-state index in [1.54, 1.807) is 6.20 Å². The Balaban J connectivity index is 1.98. The van der Waals surface area contributed by atoms with Gasteiger partial charge in [0.2, 0.25) is 0 Å². The van der Waals surface area contributed by atoms with Crippen LogP contribution in [0.25, 0.3) is 11.0 Å². The Morgan fingerprint density at radius 3 is 3.16 bits per heavy atom. The van der Waals surface area contributed by atoms with Gasteiger partial charge in [0, 0.05) is 13.1 Å². The van der Waals surface area contributed by atoms with E-state index in [0.717, 1.165) is 16.9 Å². The predicted octanol–water partition coefficient (Wildman–Crippen LogP) is 0.329. The lowest BCUT2D eigenvalue weighted by Crippen LogP contribution is -2.54. The molecule has 0 saturated carbocycles. The number of ether oxygens (including phenoxy) is 1. The zero-order valence-corrected chi connectivity index (χ0v) is 11.0. The summed E-state index contributed by atoms with van der Waals surface area (Å²) in [5, 5.41) is 17.1. The second-order valence-corrected chi connectivity index (χ2v) is 5.39. The van der Waals surface area contributed by atoms with Gasteiger partial charge in [-0.2, -0.15) is 5.10 Å². The third kappa shape index (κ3) is 2.26. The molecule has 2 N–H and O–H groups in total. The number of hydrogen-bond donors (Lipinski definition) is 2. The first-order valence-electron chi connectivity index (χ1n) is 6.27. The molecule has 0 aromatic carbocycles. The third-order valence-corrected chi connectivity index (χ3v) is 3.21. The second kappa shape index (κ2) is 4.43. The van der Waals surface area contributed by atoms with Crippen molar-refractivity contribution in [2.75, 3.05) is 24.6 Å². The predicted molar refractivity (Wildman–Crippen MR) is 69.9 cm³/mol. The Hall–Kier alpha value is -1.73. The van der Waals surface area contributed by atoms with Crippen molar-refractivity contribution in [1.29, 1.82) is 0 Å². The van der Waals surface area contributed by atoms with Crippen LogP contribution in [0.5, 0.6) is 0 Å². The lowest BCUT2D eigenvalue weighted by molar-refractivity contribution is -0.101. The maximum atomic E-state index is 9.36. The van der Waals surface area contributed by atoms with Gasteiger partial charge in [-0.05, 0) is 13.8 Å². The highest BCUT2D eigenvalue weighted by atomic mass is 16.5. The first kappa shape index (κ1) is 12.3. The number of rotatable bonds is 2. The molecule has 1 saturated heterocycles. The standard InChI is InChI=1S/C12H17N5O2/c1-12(2)6-17(4-8(5-18)19-12)11-9-3-15-16-10(9)13-7-14-11/h3,7-8,18H,4-6H2,1-2H3,(H,13,14,15,16). The largest absolute Gasteiger partial charge is 0.394 e. The first-order valence-corrected chi connectivity index (χ1v) is 6.27. The number of aliphatic hydroxyl groups excluding tert-OH is 1. The molecule has 7 heteroatoms. The monoisotopic (exact) mass is 263 g/mol. The summed E-state index contributed by atoms with van der Waals surface area (Å²) >= 11 is 0. The minimum atomic E-state index is -0.327. The van der Waals surface area contributed by atoms with Gasteiger partial charge >= 0.3 is 0 Å². The van der Waals surface area contributed by atoms with E-state index >= 15 is 0 Å². The maximum absolute atomic E-state index is 9.36. The van der Waals surface area contributed by atoms with Crippen LogP contribution in [-0.2, 0) is 4.74 Å². The summed E-state index contributed by atoms with van der Waals surface area (Å²) in [4.78, 5) is 10.6. The van der Waals surface area contributed by atoms with Gasteiger partial charge in [0.05, 0.1) is 29.9 Å². The topological polar surface area (TPSA) is 87.2 Å². The fourth-order valence-electron chi connectivity index (χ4n) is 2.56. The van der Waals surface area contributed by atoms with E-state index in [9.17, 15) is 5.11 Å². The summed E-state index contributed by atoms with van der Waals surface area (Å²) < 4.78 is 5.81. The van der Waals surface area contributed by atoms with Crippen LogP contribution in [-0.4, -0.2) is 56.7 Å². The number of nitrogens with zero attached hydrogens (tertiary/aromatic N) is 4. The Morgan fingerprint density at radius 2 is 2.37 bits per heavy atom. The second-order valence-electron chi connectivity index (χ2n) is 5.39. The van der Waals surface area contributed by atoms with Crippen molar-refractivity contribution in [2.45, 2.75) is 25.6 Å². The number of aliphatic hydroxyl groups is 1. The average molecular weight is 263 g/mol. The van der Waals surface area contributed by atoms with E-state index < -0.39 is 0 Å². The van der Waals surface area contributed by atoms with Crippen LogP contribution < -0.4 is 4.90 Å². The molecule has 1 unspecified atom stereocenters. The van der Waals surface area contributed by atoms with Crippen LogP contribution in [0.1, 0.15) is 13.8 Å². The van der Waals surface area contributed by atoms with Gasteiger partial charge < -0.3 is 14.7 Å². The molecule has 0 amide bonds. The molecule has 1 atom stereocenters. The Bertz CT molecular complexity index is 582. The highest BCUT2D eigenvalue weighted by Gasteiger charge is 2.34. The molecule has 2 aromatic rings. The third-order valence-electron chi connectivity index (χ3n) is 3.21. The molecule has 0 bridgehead atoms. The summed E-state index contributed by atoms with van der Waals surface area (Å²) in [6, 6.07) is 0. The van der Waals surface area contributed by atoms with Crippen LogP contribution in [0.4, 0.5) is 5.82 Å². The molecule has 3 heterocycles. The van der Waals surface area contributed by atoms with Gasteiger partial charge in [-0.15, -0.1) is 0 Å². The average Bonchev–Trinajstić information content (AvgIpc) is 2.84. The van der Waals surface area contributed by atoms with Gasteiger partial charge in [-0.25, -0.2) is 9.97 Å². The van der Waals surface area contributed by atoms with Crippen LogP contribution in [0.3, 0.4) is 0 Å². The van der Waals surface area contributed by atoms with Crippen LogP contribution in [0.2, 0.25) is 0 Å². The molecule has 102 valence electrons. The van der Waals surface area contributed by atoms with Crippen LogP contribution >= 0.6 is 0 Å². The van der Waals surface area contributed by atoms with E-state index in [4.69, 9.17) is 4.74 Å². The minimum Gasteiger partial charge on any atom is -0.394 e. The Labute approximate surface area is 110 Å². The van der Waals surface area contributed by atoms with Gasteiger partial charge in [-0.3, -0.25) is 5.10 Å². The zero-order valence-electron chi connectivity index (χ0n) is 11.0. The normalized spacial score (nSPS) is 22.9. The van der Waals surface area contributed by atoms with E-state index in [-0.39, 0.29) is 18.3 Å². The molecule has 3 rings (SSSR count). The number of aromatic nitrogens is 4. The van der Waals surface area contributed by atoms with Gasteiger partial charge in [0.1, 0.15) is 12.1 Å². The van der Waals surface area contributed by atoms with Crippen molar-refractivity contribution in [3.05, 3.63) is 12.5 Å². The van der Waals surface area contributed by atoms with Crippen molar-refractivity contribution in [2.24, 2.45) is 0 Å². The summed E-state index contributed by atoms with van der Waals surface area (Å²) in [5.41, 5.74) is 0.391. The number of aromatic amines is 1. The number of morpholine rings is 1. The number of anilines is 1. The molecular weight excluding hydrogens is 246 g/mol. The smallest absolute Gasteiger partial charge is 0.160 e. The fraction of sp³-hybridized carbons (Fsp3) is 0.583. The maximum Gasteiger partial charge on any atom is 0.160 e. The fourth-order valence-corrected chi connectivity index (χ4v) is 2.56. The summed E-state index contributed by atoms with van der Waals surface area (Å²) in [7, 11) is 0. The molecule has 0 aliphatic carbocycles. The highest BCUT2D eigenvalue weighted by molar-refractivity contribution is 5.86. The molecule has 7 nitrogen and oxygen atoms in total. The number of nitrogens with one attached hydrogen (secondary N) is 1. The van der Waals surface area contributed by atoms with Crippen molar-refractivity contribution >= 4 is 16.9 Å². The molecule has 1 aliphatic heterocycles. The van der Waals surface area contributed by atoms with Crippen molar-refractivity contribution in [3.63, 3.8) is 0 Å². The number of H-pyrrole nitrogens is 1. The Morgan fingerprint density at radius 1 is 1.53 bits per heavy atom. The van der Waals surface area contributed by atoms with E-state index in [2.05, 4.69) is 25.1 Å². The number of fused-ring (bicyclic) bond motifs is 1. The van der Waals surface area contributed by atoms with Gasteiger partial charge in [0.15, 0.2) is 5.65 Å². The van der Waals surface area contributed by atoms with E-state index in [0.29, 0.717) is 13.1 Å². The zero-order chi connectivity index (χ0) is 13.5. The van der Waals surface area contributed by atoms with Crippen molar-refractivity contribution < 1.29 is 9.84 Å². The Kier molecular flexibility index (Phi) is 2.87. The lowest BCUT2D eigenvalue weighted by atomic mass is 10.1. The molecule has 19 heavy (non-hydrogen) atoms. The van der Waals surface area contributed by atoms with E-state index in [1.807, 2.05) is 13.8 Å². The summed E-state index contributed by atoms with van der Waals surface area (Å²) in [5.74, 6) is 0.827. The molecule has 1 fully saturated rings. The molecule has 2 aromatic heterocycles. The first-order chi connectivity index (χ1) is 9.09. The molecular formula is C12H17N5O2. The molecule has 0 spiro atoms. The SMILES string of the molecule is CC1(C)CN(c2ncnc3[nH]ncc23)CC(CO)O1. The van der Waals surface area contributed by atoms with Gasteiger partial charge in [0.25, 0.3) is 0 Å². The van der Waals surface area contributed by atoms with Gasteiger partial charge in [-0.1, -0.05) is 0 Å².